The second-order valence-corrected chi connectivity index (χ2v) is 8.99. The van der Waals surface area contributed by atoms with E-state index in [-0.39, 0.29) is 23.8 Å². The quantitative estimate of drug-likeness (QED) is 0.592. The molecule has 0 saturated heterocycles. The van der Waals surface area contributed by atoms with Crippen molar-refractivity contribution in [2.75, 3.05) is 13.1 Å². The van der Waals surface area contributed by atoms with Gasteiger partial charge < -0.3 is 15.0 Å². The number of amides is 2. The largest absolute Gasteiger partial charge is 0.481 e. The standard InChI is InChI=1S/C28H34N2O3/c1-3-17-29-27(31)25(4-2)33-23-15-14-20-16-18-30(28(32)22-12-8-9-13-22)26(24(20)19-23)21-10-6-5-7-11-21/h3,5-7,10-11,14-15,19,22,25-26H,1,4,8-9,12-13,16-18H2,2H3,(H,29,31)/t25-,26-/m0/s1. The van der Waals surface area contributed by atoms with Crippen LogP contribution in [0.1, 0.15) is 61.8 Å². The predicted molar refractivity (Wildman–Crippen MR) is 130 cm³/mol. The third-order valence-corrected chi connectivity index (χ3v) is 6.81. The number of rotatable bonds is 8. The lowest BCUT2D eigenvalue weighted by Crippen LogP contribution is -2.43. The van der Waals surface area contributed by atoms with Gasteiger partial charge in [-0.05, 0) is 54.5 Å². The van der Waals surface area contributed by atoms with E-state index in [0.29, 0.717) is 18.7 Å². The van der Waals surface area contributed by atoms with Crippen LogP contribution in [0.5, 0.6) is 5.75 Å². The molecule has 2 aromatic carbocycles. The van der Waals surface area contributed by atoms with E-state index in [2.05, 4.69) is 35.0 Å². The van der Waals surface area contributed by atoms with Crippen LogP contribution in [0, 0.1) is 5.92 Å². The Morgan fingerprint density at radius 3 is 2.64 bits per heavy atom. The van der Waals surface area contributed by atoms with Gasteiger partial charge in [0.2, 0.25) is 5.91 Å². The van der Waals surface area contributed by atoms with E-state index in [0.717, 1.165) is 49.8 Å². The summed E-state index contributed by atoms with van der Waals surface area (Å²) in [6.45, 7) is 6.72. The number of ether oxygens (including phenoxy) is 1. The van der Waals surface area contributed by atoms with E-state index in [1.807, 2.05) is 37.3 Å². The minimum atomic E-state index is -0.571. The Labute approximate surface area is 196 Å². The van der Waals surface area contributed by atoms with Crippen LogP contribution >= 0.6 is 0 Å². The first-order valence-electron chi connectivity index (χ1n) is 12.2. The van der Waals surface area contributed by atoms with Gasteiger partial charge in [0.25, 0.3) is 5.91 Å². The van der Waals surface area contributed by atoms with Gasteiger partial charge in [-0.25, -0.2) is 0 Å². The molecule has 1 N–H and O–H groups in total. The summed E-state index contributed by atoms with van der Waals surface area (Å²) in [4.78, 5) is 28.1. The molecular formula is C28H34N2O3. The van der Waals surface area contributed by atoms with Crippen molar-refractivity contribution in [1.82, 2.24) is 10.2 Å². The highest BCUT2D eigenvalue weighted by molar-refractivity contribution is 5.81. The number of benzene rings is 2. The van der Waals surface area contributed by atoms with E-state index in [1.54, 1.807) is 6.08 Å². The molecule has 0 radical (unpaired) electrons. The zero-order valence-corrected chi connectivity index (χ0v) is 19.5. The van der Waals surface area contributed by atoms with Crippen LogP contribution in [0.15, 0.2) is 61.2 Å². The fourth-order valence-electron chi connectivity index (χ4n) is 5.08. The summed E-state index contributed by atoms with van der Waals surface area (Å²) in [5.41, 5.74) is 3.44. The van der Waals surface area contributed by atoms with Crippen molar-refractivity contribution in [2.24, 2.45) is 5.92 Å². The molecule has 5 nitrogen and oxygen atoms in total. The highest BCUT2D eigenvalue weighted by Gasteiger charge is 2.36. The monoisotopic (exact) mass is 446 g/mol. The molecule has 1 saturated carbocycles. The van der Waals surface area contributed by atoms with E-state index in [1.165, 1.54) is 5.56 Å². The van der Waals surface area contributed by atoms with Gasteiger partial charge in [0, 0.05) is 19.0 Å². The number of nitrogens with zero attached hydrogens (tertiary/aromatic N) is 1. The van der Waals surface area contributed by atoms with E-state index >= 15 is 0 Å². The normalized spacial score (nSPS) is 18.9. The smallest absolute Gasteiger partial charge is 0.261 e. The first-order valence-corrected chi connectivity index (χ1v) is 12.2. The van der Waals surface area contributed by atoms with Crippen LogP contribution < -0.4 is 10.1 Å². The molecule has 0 aromatic heterocycles. The number of carbonyl (C=O) groups is 2. The van der Waals surface area contributed by atoms with Crippen LogP contribution in [0.4, 0.5) is 0 Å². The molecule has 1 heterocycles. The zero-order chi connectivity index (χ0) is 23.2. The maximum Gasteiger partial charge on any atom is 0.261 e. The van der Waals surface area contributed by atoms with Crippen LogP contribution in [0.2, 0.25) is 0 Å². The van der Waals surface area contributed by atoms with Crippen LogP contribution in [0.3, 0.4) is 0 Å². The highest BCUT2D eigenvalue weighted by Crippen LogP contribution is 2.39. The maximum absolute atomic E-state index is 13.5. The third-order valence-electron chi connectivity index (χ3n) is 6.81. The number of fused-ring (bicyclic) bond motifs is 1. The van der Waals surface area contributed by atoms with Gasteiger partial charge >= 0.3 is 0 Å². The number of hydrogen-bond acceptors (Lipinski definition) is 3. The van der Waals surface area contributed by atoms with Crippen molar-refractivity contribution < 1.29 is 14.3 Å². The van der Waals surface area contributed by atoms with Gasteiger partial charge in [-0.15, -0.1) is 6.58 Å². The molecule has 1 aliphatic heterocycles. The Morgan fingerprint density at radius 1 is 1.18 bits per heavy atom. The molecule has 0 bridgehead atoms. The summed E-state index contributed by atoms with van der Waals surface area (Å²) in [6.07, 6.45) is 6.74. The van der Waals surface area contributed by atoms with Gasteiger partial charge in [-0.1, -0.05) is 62.2 Å². The molecule has 2 amide bonds. The average molecular weight is 447 g/mol. The van der Waals surface area contributed by atoms with Gasteiger partial charge in [0.15, 0.2) is 6.10 Å². The minimum absolute atomic E-state index is 0.134. The van der Waals surface area contributed by atoms with Crippen LogP contribution in [0.25, 0.3) is 0 Å². The summed E-state index contributed by atoms with van der Waals surface area (Å²) in [7, 11) is 0. The zero-order valence-electron chi connectivity index (χ0n) is 19.5. The second-order valence-electron chi connectivity index (χ2n) is 8.99. The van der Waals surface area contributed by atoms with E-state index in [9.17, 15) is 9.59 Å². The number of nitrogens with one attached hydrogen (secondary N) is 1. The molecule has 4 rings (SSSR count). The van der Waals surface area contributed by atoms with Gasteiger partial charge in [0.05, 0.1) is 6.04 Å². The van der Waals surface area contributed by atoms with Gasteiger partial charge in [-0.3, -0.25) is 9.59 Å². The molecular weight excluding hydrogens is 412 g/mol. The molecule has 1 fully saturated rings. The van der Waals surface area contributed by atoms with Crippen molar-refractivity contribution in [1.29, 1.82) is 0 Å². The Hall–Kier alpha value is -3.08. The fraction of sp³-hybridized carbons (Fsp3) is 0.429. The summed E-state index contributed by atoms with van der Waals surface area (Å²) in [6, 6.07) is 16.2. The molecule has 2 atom stereocenters. The number of carbonyl (C=O) groups excluding carboxylic acids is 2. The Balaban J connectivity index is 1.65. The van der Waals surface area contributed by atoms with Crippen LogP contribution in [-0.2, 0) is 16.0 Å². The average Bonchev–Trinajstić information content (AvgIpc) is 3.40. The SMILES string of the molecule is C=CCNC(=O)[C@H](CC)Oc1ccc2c(c1)[C@H](c1ccccc1)N(C(=O)C1CCCC1)CC2. The lowest BCUT2D eigenvalue weighted by molar-refractivity contribution is -0.137. The molecule has 0 unspecified atom stereocenters. The first-order chi connectivity index (χ1) is 16.1. The molecule has 33 heavy (non-hydrogen) atoms. The van der Waals surface area contributed by atoms with Crippen molar-refractivity contribution in [3.05, 3.63) is 77.9 Å². The van der Waals surface area contributed by atoms with Gasteiger partial charge in [0.1, 0.15) is 5.75 Å². The minimum Gasteiger partial charge on any atom is -0.481 e. The summed E-state index contributed by atoms with van der Waals surface area (Å²) in [5, 5.41) is 2.82. The van der Waals surface area contributed by atoms with Crippen molar-refractivity contribution in [3.63, 3.8) is 0 Å². The summed E-state index contributed by atoms with van der Waals surface area (Å²) >= 11 is 0. The highest BCUT2D eigenvalue weighted by atomic mass is 16.5. The molecule has 2 aliphatic rings. The molecule has 2 aromatic rings. The molecule has 174 valence electrons. The first kappa shape index (κ1) is 23.1. The fourth-order valence-corrected chi connectivity index (χ4v) is 5.08. The predicted octanol–water partition coefficient (Wildman–Crippen LogP) is 4.81. The van der Waals surface area contributed by atoms with E-state index in [4.69, 9.17) is 4.74 Å². The van der Waals surface area contributed by atoms with Crippen molar-refractivity contribution in [2.45, 2.75) is 57.6 Å². The van der Waals surface area contributed by atoms with Crippen molar-refractivity contribution >= 4 is 11.8 Å². The summed E-state index contributed by atoms with van der Waals surface area (Å²) < 4.78 is 6.12. The Morgan fingerprint density at radius 2 is 1.94 bits per heavy atom. The maximum atomic E-state index is 13.5. The third kappa shape index (κ3) is 5.13. The molecule has 1 aliphatic carbocycles. The van der Waals surface area contributed by atoms with Gasteiger partial charge in [-0.2, -0.15) is 0 Å². The lowest BCUT2D eigenvalue weighted by atomic mass is 9.87. The molecule has 5 heteroatoms. The number of hydrogen-bond donors (Lipinski definition) is 1. The lowest BCUT2D eigenvalue weighted by Gasteiger charge is -2.39. The summed E-state index contributed by atoms with van der Waals surface area (Å²) in [5.74, 6) is 0.919. The Bertz CT molecular complexity index is 982. The molecule has 0 spiro atoms. The second kappa shape index (κ2) is 10.7. The van der Waals surface area contributed by atoms with Crippen molar-refractivity contribution in [3.8, 4) is 5.75 Å². The topological polar surface area (TPSA) is 58.6 Å². The van der Waals surface area contributed by atoms with E-state index < -0.39 is 6.10 Å². The Kier molecular flexibility index (Phi) is 7.48. The van der Waals surface area contributed by atoms with Crippen LogP contribution in [-0.4, -0.2) is 35.9 Å².